The second-order valence-electron chi connectivity index (χ2n) is 9.45. The Balaban J connectivity index is 1.96. The fraction of sp³-hybridized carbons (Fsp3) is 0.600. The Morgan fingerprint density at radius 1 is 1.30 bits per heavy atom. The SMILES string of the molecule is CCOC1=C(OC)C=CC(C(CS(C)(=O)=O)N2Cc3cccc(NCC(C)C)c3C2O)C1C. The van der Waals surface area contributed by atoms with Crippen LogP contribution in [-0.4, -0.2) is 56.7 Å². The molecule has 0 aromatic heterocycles. The number of hydrogen-bond acceptors (Lipinski definition) is 7. The lowest BCUT2D eigenvalue weighted by Crippen LogP contribution is -2.46. The van der Waals surface area contributed by atoms with Crippen LogP contribution in [0.15, 0.2) is 41.9 Å². The summed E-state index contributed by atoms with van der Waals surface area (Å²) >= 11 is 0. The number of benzene rings is 1. The maximum atomic E-state index is 12.5. The van der Waals surface area contributed by atoms with E-state index in [4.69, 9.17) is 9.47 Å². The Labute approximate surface area is 198 Å². The molecule has 7 nitrogen and oxygen atoms in total. The van der Waals surface area contributed by atoms with Gasteiger partial charge in [-0.1, -0.05) is 39.0 Å². The number of methoxy groups -OCH3 is 1. The zero-order valence-electron chi connectivity index (χ0n) is 20.5. The first-order chi connectivity index (χ1) is 15.6. The van der Waals surface area contributed by atoms with Crippen molar-refractivity contribution in [3.8, 4) is 0 Å². The Morgan fingerprint density at radius 3 is 2.64 bits per heavy atom. The van der Waals surface area contributed by atoms with Gasteiger partial charge in [0, 0.05) is 48.5 Å². The first-order valence-corrected chi connectivity index (χ1v) is 13.7. The highest BCUT2D eigenvalue weighted by Gasteiger charge is 2.43. The van der Waals surface area contributed by atoms with E-state index in [-0.39, 0.29) is 17.6 Å². The van der Waals surface area contributed by atoms with E-state index >= 15 is 0 Å². The number of fused-ring (bicyclic) bond motifs is 1. The molecule has 33 heavy (non-hydrogen) atoms. The number of nitrogens with zero attached hydrogens (tertiary/aromatic N) is 1. The normalized spacial score (nSPS) is 24.2. The summed E-state index contributed by atoms with van der Waals surface area (Å²) in [7, 11) is -1.71. The molecule has 2 N–H and O–H groups in total. The van der Waals surface area contributed by atoms with Crippen molar-refractivity contribution in [3.63, 3.8) is 0 Å². The molecule has 1 aliphatic heterocycles. The molecule has 0 saturated heterocycles. The van der Waals surface area contributed by atoms with E-state index in [1.54, 1.807) is 7.11 Å². The highest BCUT2D eigenvalue weighted by Crippen LogP contribution is 2.43. The number of ether oxygens (including phenoxy) is 2. The van der Waals surface area contributed by atoms with Crippen LogP contribution in [0.25, 0.3) is 0 Å². The second kappa shape index (κ2) is 10.5. The fourth-order valence-corrected chi connectivity index (χ4v) is 5.88. The number of anilines is 1. The van der Waals surface area contributed by atoms with Gasteiger partial charge in [-0.05, 0) is 30.5 Å². The van der Waals surface area contributed by atoms with Gasteiger partial charge in [0.2, 0.25) is 0 Å². The number of nitrogens with one attached hydrogen (secondary N) is 1. The molecular formula is C25H38N2O5S. The van der Waals surface area contributed by atoms with E-state index < -0.39 is 22.1 Å². The molecule has 1 heterocycles. The summed E-state index contributed by atoms with van der Waals surface area (Å²) in [6.07, 6.45) is 4.21. The lowest BCUT2D eigenvalue weighted by molar-refractivity contribution is -0.0292. The van der Waals surface area contributed by atoms with Gasteiger partial charge in [-0.15, -0.1) is 0 Å². The standard InChI is InChI=1S/C25H38N2O5S/c1-7-32-24-17(4)19(11-12-22(24)31-5)21(15-33(6,29)30)27-14-18-9-8-10-20(23(18)25(27)28)26-13-16(2)3/h8-12,16-17,19,21,25-26,28H,7,13-15H2,1-6H3. The molecule has 0 spiro atoms. The van der Waals surface area contributed by atoms with Crippen LogP contribution in [0.4, 0.5) is 5.69 Å². The van der Waals surface area contributed by atoms with Crippen molar-refractivity contribution < 1.29 is 23.0 Å². The molecule has 0 fully saturated rings. The molecule has 1 aromatic rings. The molecule has 1 aliphatic carbocycles. The number of hydrogen-bond donors (Lipinski definition) is 2. The molecule has 4 unspecified atom stereocenters. The minimum atomic E-state index is -3.32. The average Bonchev–Trinajstić information content (AvgIpc) is 3.08. The summed E-state index contributed by atoms with van der Waals surface area (Å²) in [6, 6.07) is 5.53. The Morgan fingerprint density at radius 2 is 2.03 bits per heavy atom. The zero-order chi connectivity index (χ0) is 24.3. The summed E-state index contributed by atoms with van der Waals surface area (Å²) in [5.74, 6) is 1.50. The van der Waals surface area contributed by atoms with E-state index in [0.29, 0.717) is 24.8 Å². The highest BCUT2D eigenvalue weighted by molar-refractivity contribution is 7.90. The molecule has 8 heteroatoms. The minimum Gasteiger partial charge on any atom is -0.494 e. The van der Waals surface area contributed by atoms with Gasteiger partial charge in [0.1, 0.15) is 21.8 Å². The number of rotatable bonds is 10. The predicted octanol–water partition coefficient (Wildman–Crippen LogP) is 3.69. The third kappa shape index (κ3) is 5.73. The summed E-state index contributed by atoms with van der Waals surface area (Å²) in [4.78, 5) is 1.92. The predicted molar refractivity (Wildman–Crippen MR) is 131 cm³/mol. The van der Waals surface area contributed by atoms with E-state index in [9.17, 15) is 13.5 Å². The summed E-state index contributed by atoms with van der Waals surface area (Å²) in [5.41, 5.74) is 2.75. The van der Waals surface area contributed by atoms with Crippen LogP contribution in [0, 0.1) is 17.8 Å². The molecule has 184 valence electrons. The molecule has 4 atom stereocenters. The second-order valence-corrected chi connectivity index (χ2v) is 11.6. The van der Waals surface area contributed by atoms with Crippen LogP contribution in [0.2, 0.25) is 0 Å². The van der Waals surface area contributed by atoms with E-state index in [1.165, 1.54) is 6.26 Å². The third-order valence-corrected chi connectivity index (χ3v) is 7.34. The molecule has 2 aliphatic rings. The van der Waals surface area contributed by atoms with Crippen LogP contribution < -0.4 is 5.32 Å². The smallest absolute Gasteiger partial charge is 0.156 e. The quantitative estimate of drug-likeness (QED) is 0.530. The summed E-state index contributed by atoms with van der Waals surface area (Å²) in [6.45, 7) is 9.98. The van der Waals surface area contributed by atoms with Crippen molar-refractivity contribution in [1.29, 1.82) is 0 Å². The van der Waals surface area contributed by atoms with Gasteiger partial charge in [-0.25, -0.2) is 8.42 Å². The molecule has 3 rings (SSSR count). The van der Waals surface area contributed by atoms with Crippen molar-refractivity contribution >= 4 is 15.5 Å². The van der Waals surface area contributed by atoms with Crippen molar-refractivity contribution in [2.45, 2.75) is 46.5 Å². The first kappa shape index (κ1) is 25.6. The number of allylic oxidation sites excluding steroid dienone is 2. The van der Waals surface area contributed by atoms with Crippen LogP contribution in [0.1, 0.15) is 45.0 Å². The van der Waals surface area contributed by atoms with Crippen LogP contribution >= 0.6 is 0 Å². The molecular weight excluding hydrogens is 440 g/mol. The monoisotopic (exact) mass is 478 g/mol. The van der Waals surface area contributed by atoms with Crippen LogP contribution in [0.5, 0.6) is 0 Å². The Hall–Kier alpha value is -2.03. The fourth-order valence-electron chi connectivity index (χ4n) is 4.84. The van der Waals surface area contributed by atoms with Gasteiger partial charge in [-0.2, -0.15) is 0 Å². The molecule has 0 bridgehead atoms. The van der Waals surface area contributed by atoms with E-state index in [0.717, 1.165) is 29.1 Å². The number of aliphatic hydroxyl groups is 1. The summed E-state index contributed by atoms with van der Waals surface area (Å²) in [5, 5.41) is 14.9. The molecule has 0 amide bonds. The van der Waals surface area contributed by atoms with Gasteiger partial charge in [0.15, 0.2) is 5.76 Å². The summed E-state index contributed by atoms with van der Waals surface area (Å²) < 4.78 is 36.4. The van der Waals surface area contributed by atoms with Crippen molar-refractivity contribution in [3.05, 3.63) is 53.0 Å². The van der Waals surface area contributed by atoms with Gasteiger partial charge in [0.05, 0.1) is 19.5 Å². The largest absolute Gasteiger partial charge is 0.494 e. The van der Waals surface area contributed by atoms with Gasteiger partial charge >= 0.3 is 0 Å². The molecule has 1 aromatic carbocycles. The topological polar surface area (TPSA) is 88.1 Å². The first-order valence-electron chi connectivity index (χ1n) is 11.6. The average molecular weight is 479 g/mol. The molecule has 0 radical (unpaired) electrons. The van der Waals surface area contributed by atoms with E-state index in [2.05, 4.69) is 19.2 Å². The highest BCUT2D eigenvalue weighted by atomic mass is 32.2. The van der Waals surface area contributed by atoms with Gasteiger partial charge in [0.25, 0.3) is 0 Å². The van der Waals surface area contributed by atoms with Gasteiger partial charge in [-0.3, -0.25) is 4.90 Å². The maximum absolute atomic E-state index is 12.5. The van der Waals surface area contributed by atoms with Crippen molar-refractivity contribution in [2.75, 3.05) is 37.6 Å². The number of sulfone groups is 1. The van der Waals surface area contributed by atoms with Gasteiger partial charge < -0.3 is 19.9 Å². The third-order valence-electron chi connectivity index (χ3n) is 6.39. The maximum Gasteiger partial charge on any atom is 0.156 e. The lowest BCUT2D eigenvalue weighted by atomic mass is 9.82. The van der Waals surface area contributed by atoms with Crippen molar-refractivity contribution in [1.82, 2.24) is 4.90 Å². The lowest BCUT2D eigenvalue weighted by Gasteiger charge is -2.39. The zero-order valence-corrected chi connectivity index (χ0v) is 21.4. The Bertz CT molecular complexity index is 1000. The number of aliphatic hydroxyl groups excluding tert-OH is 1. The minimum absolute atomic E-state index is 0.0616. The van der Waals surface area contributed by atoms with Crippen LogP contribution in [-0.2, 0) is 25.9 Å². The Kier molecular flexibility index (Phi) is 8.13. The van der Waals surface area contributed by atoms with Crippen molar-refractivity contribution in [2.24, 2.45) is 17.8 Å². The van der Waals surface area contributed by atoms with Crippen LogP contribution in [0.3, 0.4) is 0 Å². The van der Waals surface area contributed by atoms with E-state index in [1.807, 2.05) is 49.1 Å². The molecule has 0 saturated carbocycles.